The molecule has 27 heavy (non-hydrogen) atoms. The third-order valence-corrected chi connectivity index (χ3v) is 4.08. The van der Waals surface area contributed by atoms with Crippen molar-refractivity contribution < 1.29 is 9.72 Å². The molecule has 0 saturated carbocycles. The van der Waals surface area contributed by atoms with E-state index in [0.717, 1.165) is 12.1 Å². The van der Waals surface area contributed by atoms with E-state index in [2.05, 4.69) is 24.2 Å². The van der Waals surface area contributed by atoms with Crippen LogP contribution in [0.25, 0.3) is 0 Å². The zero-order valence-corrected chi connectivity index (χ0v) is 16.9. The number of nitro benzene ring substituents is 1. The van der Waals surface area contributed by atoms with Gasteiger partial charge in [-0.3, -0.25) is 14.9 Å². The molecule has 1 rings (SSSR count). The van der Waals surface area contributed by atoms with E-state index in [-0.39, 0.29) is 18.1 Å². The number of rotatable bonds is 9. The van der Waals surface area contributed by atoms with Crippen LogP contribution in [0.4, 0.5) is 5.69 Å². The van der Waals surface area contributed by atoms with Crippen LogP contribution in [-0.4, -0.2) is 59.8 Å². The summed E-state index contributed by atoms with van der Waals surface area (Å²) in [5.74, 6) is 1.13. The number of hydrogen-bond acceptors (Lipinski definition) is 4. The summed E-state index contributed by atoms with van der Waals surface area (Å²) < 4.78 is 0. The zero-order valence-electron chi connectivity index (χ0n) is 16.9. The standard InChI is InChI=1S/C19H31N5O3/c1-6-23(7-2)18(25)14-22(5)19(20-12-15(3)4)21-13-16-8-10-17(11-9-16)24(26)27/h8-11,15H,6-7,12-14H2,1-5H3,(H,20,21). The van der Waals surface area contributed by atoms with Crippen molar-refractivity contribution in [1.82, 2.24) is 15.1 Å². The summed E-state index contributed by atoms with van der Waals surface area (Å²) in [6, 6.07) is 6.34. The number of non-ortho nitro benzene ring substituents is 1. The molecular weight excluding hydrogens is 346 g/mol. The quantitative estimate of drug-likeness (QED) is 0.309. The maximum atomic E-state index is 12.4. The number of guanidine groups is 1. The maximum Gasteiger partial charge on any atom is 0.269 e. The fourth-order valence-corrected chi connectivity index (χ4v) is 2.45. The molecule has 0 heterocycles. The molecule has 1 aromatic rings. The Hall–Kier alpha value is -2.64. The Labute approximate surface area is 161 Å². The van der Waals surface area contributed by atoms with E-state index >= 15 is 0 Å². The lowest BCUT2D eigenvalue weighted by Crippen LogP contribution is -2.46. The Morgan fingerprint density at radius 3 is 2.30 bits per heavy atom. The second kappa shape index (κ2) is 11.2. The first-order valence-electron chi connectivity index (χ1n) is 9.29. The van der Waals surface area contributed by atoms with Crippen molar-refractivity contribution in [2.24, 2.45) is 10.9 Å². The molecule has 8 heteroatoms. The fraction of sp³-hybridized carbons (Fsp3) is 0.579. The maximum absolute atomic E-state index is 12.4. The summed E-state index contributed by atoms with van der Waals surface area (Å²) in [7, 11) is 1.84. The molecule has 150 valence electrons. The van der Waals surface area contributed by atoms with Crippen LogP contribution in [0.1, 0.15) is 33.3 Å². The van der Waals surface area contributed by atoms with Crippen LogP contribution in [0.5, 0.6) is 0 Å². The third kappa shape index (κ3) is 7.64. The van der Waals surface area contributed by atoms with Crippen molar-refractivity contribution >= 4 is 17.6 Å². The number of hydrogen-bond donors (Lipinski definition) is 1. The molecule has 0 aliphatic carbocycles. The summed E-state index contributed by atoms with van der Waals surface area (Å²) >= 11 is 0. The molecule has 0 saturated heterocycles. The first-order valence-corrected chi connectivity index (χ1v) is 9.29. The van der Waals surface area contributed by atoms with Gasteiger partial charge in [-0.15, -0.1) is 0 Å². The van der Waals surface area contributed by atoms with Crippen LogP contribution in [0.15, 0.2) is 29.3 Å². The molecule has 0 atom stereocenters. The van der Waals surface area contributed by atoms with Gasteiger partial charge in [-0.2, -0.15) is 0 Å². The van der Waals surface area contributed by atoms with Gasteiger partial charge in [0, 0.05) is 38.8 Å². The molecule has 0 spiro atoms. The lowest BCUT2D eigenvalue weighted by atomic mass is 10.2. The highest BCUT2D eigenvalue weighted by Crippen LogP contribution is 2.12. The van der Waals surface area contributed by atoms with E-state index in [1.165, 1.54) is 12.1 Å². The SMILES string of the molecule is CCN(CC)C(=O)CN(C)C(=NCc1ccc([N+](=O)[O-])cc1)NCC(C)C. The molecule has 1 aromatic carbocycles. The predicted molar refractivity (Wildman–Crippen MR) is 108 cm³/mol. The third-order valence-electron chi connectivity index (χ3n) is 4.08. The van der Waals surface area contributed by atoms with Crippen molar-refractivity contribution in [2.75, 3.05) is 33.2 Å². The number of carbonyl (C=O) groups excluding carboxylic acids is 1. The fourth-order valence-electron chi connectivity index (χ4n) is 2.45. The van der Waals surface area contributed by atoms with E-state index in [0.29, 0.717) is 31.5 Å². The Bertz CT molecular complexity index is 639. The second-order valence-corrected chi connectivity index (χ2v) is 6.76. The summed E-state index contributed by atoms with van der Waals surface area (Å²) in [6.45, 7) is 10.8. The molecule has 0 aromatic heterocycles. The smallest absolute Gasteiger partial charge is 0.269 e. The number of nitro groups is 1. The Morgan fingerprint density at radius 1 is 1.22 bits per heavy atom. The van der Waals surface area contributed by atoms with Crippen LogP contribution >= 0.6 is 0 Å². The number of amides is 1. The van der Waals surface area contributed by atoms with Crippen LogP contribution < -0.4 is 5.32 Å². The van der Waals surface area contributed by atoms with Crippen LogP contribution in [0.2, 0.25) is 0 Å². The lowest BCUT2D eigenvalue weighted by molar-refractivity contribution is -0.384. The first-order chi connectivity index (χ1) is 12.8. The van der Waals surface area contributed by atoms with Gasteiger partial charge in [0.15, 0.2) is 5.96 Å². The van der Waals surface area contributed by atoms with Gasteiger partial charge in [0.1, 0.15) is 0 Å². The average Bonchev–Trinajstić information content (AvgIpc) is 2.62. The summed E-state index contributed by atoms with van der Waals surface area (Å²) in [5, 5.41) is 14.0. The average molecular weight is 377 g/mol. The minimum atomic E-state index is -0.421. The van der Waals surface area contributed by atoms with E-state index in [9.17, 15) is 14.9 Å². The normalized spacial score (nSPS) is 11.4. The molecule has 0 radical (unpaired) electrons. The topological polar surface area (TPSA) is 91.1 Å². The summed E-state index contributed by atoms with van der Waals surface area (Å²) in [6.07, 6.45) is 0. The van der Waals surface area contributed by atoms with E-state index in [1.807, 2.05) is 25.8 Å². The monoisotopic (exact) mass is 377 g/mol. The second-order valence-electron chi connectivity index (χ2n) is 6.76. The van der Waals surface area contributed by atoms with Crippen LogP contribution in [0, 0.1) is 16.0 Å². The Morgan fingerprint density at radius 2 is 1.81 bits per heavy atom. The highest BCUT2D eigenvalue weighted by Gasteiger charge is 2.15. The lowest BCUT2D eigenvalue weighted by Gasteiger charge is -2.26. The van der Waals surface area contributed by atoms with Gasteiger partial charge in [0.25, 0.3) is 5.69 Å². The van der Waals surface area contributed by atoms with Gasteiger partial charge in [0.2, 0.25) is 5.91 Å². The molecule has 0 unspecified atom stereocenters. The number of nitrogens with one attached hydrogen (secondary N) is 1. The number of aliphatic imine (C=N–C) groups is 1. The van der Waals surface area contributed by atoms with E-state index in [4.69, 9.17) is 0 Å². The van der Waals surface area contributed by atoms with Crippen molar-refractivity contribution in [3.05, 3.63) is 39.9 Å². The van der Waals surface area contributed by atoms with Gasteiger partial charge in [0.05, 0.1) is 18.0 Å². The molecule has 8 nitrogen and oxygen atoms in total. The predicted octanol–water partition coefficient (Wildman–Crippen LogP) is 2.50. The molecule has 0 aliphatic heterocycles. The number of likely N-dealkylation sites (N-methyl/N-ethyl adjacent to an activating group) is 2. The largest absolute Gasteiger partial charge is 0.356 e. The molecule has 1 N–H and O–H groups in total. The highest BCUT2D eigenvalue weighted by atomic mass is 16.6. The van der Waals surface area contributed by atoms with Gasteiger partial charge in [-0.1, -0.05) is 26.0 Å². The molecule has 1 amide bonds. The van der Waals surface area contributed by atoms with Crippen molar-refractivity contribution in [3.8, 4) is 0 Å². The van der Waals surface area contributed by atoms with Crippen LogP contribution in [0.3, 0.4) is 0 Å². The first kappa shape index (κ1) is 22.4. The van der Waals surface area contributed by atoms with Crippen LogP contribution in [-0.2, 0) is 11.3 Å². The molecule has 0 aliphatic rings. The van der Waals surface area contributed by atoms with Crippen molar-refractivity contribution in [2.45, 2.75) is 34.2 Å². The van der Waals surface area contributed by atoms with Gasteiger partial charge in [-0.25, -0.2) is 4.99 Å². The Balaban J connectivity index is 2.86. The number of carbonyl (C=O) groups is 1. The van der Waals surface area contributed by atoms with E-state index < -0.39 is 4.92 Å². The summed E-state index contributed by atoms with van der Waals surface area (Å²) in [5.41, 5.74) is 0.927. The molecular formula is C19H31N5O3. The number of nitrogens with zero attached hydrogens (tertiary/aromatic N) is 4. The minimum Gasteiger partial charge on any atom is -0.356 e. The van der Waals surface area contributed by atoms with Gasteiger partial charge < -0.3 is 15.1 Å². The number of benzene rings is 1. The van der Waals surface area contributed by atoms with Crippen molar-refractivity contribution in [3.63, 3.8) is 0 Å². The Kier molecular flexibility index (Phi) is 9.25. The van der Waals surface area contributed by atoms with Gasteiger partial charge in [-0.05, 0) is 25.3 Å². The van der Waals surface area contributed by atoms with Gasteiger partial charge >= 0.3 is 0 Å². The zero-order chi connectivity index (χ0) is 20.4. The highest BCUT2D eigenvalue weighted by molar-refractivity contribution is 5.86. The minimum absolute atomic E-state index is 0.0527. The summed E-state index contributed by atoms with van der Waals surface area (Å²) in [4.78, 5) is 30.9. The molecule has 0 bridgehead atoms. The van der Waals surface area contributed by atoms with Crippen molar-refractivity contribution in [1.29, 1.82) is 0 Å². The molecule has 0 fully saturated rings. The van der Waals surface area contributed by atoms with E-state index in [1.54, 1.807) is 17.0 Å².